The molecule has 2 atom stereocenters. The number of hydrogen-bond donors (Lipinski definition) is 2. The number of hydrogen-bond acceptors (Lipinski definition) is 3. The molecule has 0 aliphatic carbocycles. The normalized spacial score (nSPS) is 26.5. The van der Waals surface area contributed by atoms with Gasteiger partial charge in [0.25, 0.3) is 0 Å². The van der Waals surface area contributed by atoms with E-state index in [2.05, 4.69) is 23.9 Å². The summed E-state index contributed by atoms with van der Waals surface area (Å²) in [6.45, 7) is 7.72. The Kier molecular flexibility index (Phi) is 4.88. The Morgan fingerprint density at radius 1 is 1.67 bits per heavy atom. The van der Waals surface area contributed by atoms with E-state index in [-0.39, 0.29) is 5.92 Å². The highest BCUT2D eigenvalue weighted by Gasteiger charge is 2.23. The van der Waals surface area contributed by atoms with Crippen molar-refractivity contribution in [3.8, 4) is 0 Å². The molecule has 0 radical (unpaired) electrons. The molecule has 0 spiro atoms. The van der Waals surface area contributed by atoms with Crippen molar-refractivity contribution in [2.24, 2.45) is 22.7 Å². The third-order valence-corrected chi connectivity index (χ3v) is 3.31. The molecule has 4 nitrogen and oxygen atoms in total. The summed E-state index contributed by atoms with van der Waals surface area (Å²) in [4.78, 5) is 2.43. The Morgan fingerprint density at radius 3 is 3.00 bits per heavy atom. The molecule has 0 saturated carbocycles. The standard InChI is InChI=1S/C11H23N3O/c1-3-9(2)7-14-6-4-5-10(8-14)11(12)13-15/h9-10,15H,3-8H2,1-2H3,(H2,12,13). The molecule has 0 bridgehead atoms. The summed E-state index contributed by atoms with van der Waals surface area (Å²) in [6.07, 6.45) is 3.41. The Morgan fingerprint density at radius 2 is 2.40 bits per heavy atom. The van der Waals surface area contributed by atoms with Crippen LogP contribution in [0.5, 0.6) is 0 Å². The van der Waals surface area contributed by atoms with Crippen molar-refractivity contribution < 1.29 is 5.21 Å². The van der Waals surface area contributed by atoms with Gasteiger partial charge in [0.15, 0.2) is 0 Å². The first-order chi connectivity index (χ1) is 7.17. The first-order valence-electron chi connectivity index (χ1n) is 5.87. The smallest absolute Gasteiger partial charge is 0.143 e. The monoisotopic (exact) mass is 213 g/mol. The molecule has 1 aliphatic heterocycles. The maximum absolute atomic E-state index is 8.65. The van der Waals surface area contributed by atoms with Crippen LogP contribution in [0.3, 0.4) is 0 Å². The minimum atomic E-state index is 0.243. The average molecular weight is 213 g/mol. The third kappa shape index (κ3) is 3.70. The van der Waals surface area contributed by atoms with Gasteiger partial charge < -0.3 is 15.8 Å². The van der Waals surface area contributed by atoms with Gasteiger partial charge in [0.1, 0.15) is 5.84 Å². The van der Waals surface area contributed by atoms with Gasteiger partial charge in [-0.15, -0.1) is 0 Å². The lowest BCUT2D eigenvalue weighted by atomic mass is 9.96. The summed E-state index contributed by atoms with van der Waals surface area (Å²) in [5.74, 6) is 1.37. The van der Waals surface area contributed by atoms with E-state index >= 15 is 0 Å². The van der Waals surface area contributed by atoms with Gasteiger partial charge in [-0.1, -0.05) is 25.4 Å². The topological polar surface area (TPSA) is 61.8 Å². The molecule has 15 heavy (non-hydrogen) atoms. The van der Waals surface area contributed by atoms with Crippen molar-refractivity contribution in [3.05, 3.63) is 0 Å². The van der Waals surface area contributed by atoms with Crippen LogP contribution in [-0.4, -0.2) is 35.6 Å². The highest BCUT2D eigenvalue weighted by Crippen LogP contribution is 2.18. The van der Waals surface area contributed by atoms with Gasteiger partial charge in [-0.25, -0.2) is 0 Å². The largest absolute Gasteiger partial charge is 0.409 e. The van der Waals surface area contributed by atoms with E-state index in [0.717, 1.165) is 38.4 Å². The summed E-state index contributed by atoms with van der Waals surface area (Å²) in [5, 5.41) is 11.8. The predicted octanol–water partition coefficient (Wildman–Crippen LogP) is 1.49. The summed E-state index contributed by atoms with van der Waals surface area (Å²) in [6, 6.07) is 0. The highest BCUT2D eigenvalue weighted by atomic mass is 16.4. The van der Waals surface area contributed by atoms with Crippen molar-refractivity contribution in [1.29, 1.82) is 0 Å². The van der Waals surface area contributed by atoms with Crippen LogP contribution >= 0.6 is 0 Å². The van der Waals surface area contributed by atoms with Crippen LogP contribution in [0.1, 0.15) is 33.1 Å². The lowest BCUT2D eigenvalue weighted by Crippen LogP contribution is -2.42. The highest BCUT2D eigenvalue weighted by molar-refractivity contribution is 5.82. The molecule has 0 aromatic heterocycles. The molecule has 0 amide bonds. The van der Waals surface area contributed by atoms with Crippen molar-refractivity contribution in [3.63, 3.8) is 0 Å². The van der Waals surface area contributed by atoms with Crippen LogP contribution in [0.4, 0.5) is 0 Å². The minimum absolute atomic E-state index is 0.243. The molecule has 2 unspecified atom stereocenters. The van der Waals surface area contributed by atoms with Gasteiger partial charge in [-0.05, 0) is 25.3 Å². The second-order valence-corrected chi connectivity index (χ2v) is 4.64. The quantitative estimate of drug-likeness (QED) is 0.322. The summed E-state index contributed by atoms with van der Waals surface area (Å²) in [5.41, 5.74) is 5.65. The third-order valence-electron chi connectivity index (χ3n) is 3.31. The summed E-state index contributed by atoms with van der Waals surface area (Å²) in [7, 11) is 0. The molecule has 1 saturated heterocycles. The van der Waals surface area contributed by atoms with Crippen molar-refractivity contribution >= 4 is 5.84 Å². The number of amidine groups is 1. The fourth-order valence-electron chi connectivity index (χ4n) is 2.11. The van der Waals surface area contributed by atoms with Gasteiger partial charge in [0.05, 0.1) is 0 Å². The zero-order valence-corrected chi connectivity index (χ0v) is 9.82. The van der Waals surface area contributed by atoms with E-state index in [1.165, 1.54) is 6.42 Å². The molecule has 0 aromatic rings. The Balaban J connectivity index is 2.42. The van der Waals surface area contributed by atoms with Gasteiger partial charge >= 0.3 is 0 Å². The summed E-state index contributed by atoms with van der Waals surface area (Å²) < 4.78 is 0. The molecule has 4 heteroatoms. The van der Waals surface area contributed by atoms with Crippen LogP contribution in [0, 0.1) is 11.8 Å². The molecule has 88 valence electrons. The van der Waals surface area contributed by atoms with E-state index in [4.69, 9.17) is 10.9 Å². The lowest BCUT2D eigenvalue weighted by molar-refractivity contribution is 0.176. The first kappa shape index (κ1) is 12.3. The van der Waals surface area contributed by atoms with E-state index < -0.39 is 0 Å². The second-order valence-electron chi connectivity index (χ2n) is 4.64. The molecule has 1 aliphatic rings. The zero-order valence-electron chi connectivity index (χ0n) is 9.82. The number of nitrogens with zero attached hydrogens (tertiary/aromatic N) is 2. The van der Waals surface area contributed by atoms with Gasteiger partial charge in [-0.2, -0.15) is 0 Å². The Bertz CT molecular complexity index is 218. The molecule has 1 heterocycles. The minimum Gasteiger partial charge on any atom is -0.409 e. The molecule has 3 N–H and O–H groups in total. The number of piperidine rings is 1. The van der Waals surface area contributed by atoms with Gasteiger partial charge in [0.2, 0.25) is 0 Å². The van der Waals surface area contributed by atoms with E-state index in [1.54, 1.807) is 0 Å². The van der Waals surface area contributed by atoms with Crippen LogP contribution < -0.4 is 5.73 Å². The second kappa shape index (κ2) is 5.95. The van der Waals surface area contributed by atoms with Gasteiger partial charge in [0, 0.05) is 19.0 Å². The van der Waals surface area contributed by atoms with Crippen LogP contribution in [-0.2, 0) is 0 Å². The fourth-order valence-corrected chi connectivity index (χ4v) is 2.11. The maximum atomic E-state index is 8.65. The van der Waals surface area contributed by atoms with E-state index in [1.807, 2.05) is 0 Å². The lowest BCUT2D eigenvalue weighted by Gasteiger charge is -2.33. The molecule has 0 aromatic carbocycles. The molecular formula is C11H23N3O. The Labute approximate surface area is 92.1 Å². The van der Waals surface area contributed by atoms with Crippen LogP contribution in [0.2, 0.25) is 0 Å². The maximum Gasteiger partial charge on any atom is 0.143 e. The van der Waals surface area contributed by atoms with Crippen LogP contribution in [0.25, 0.3) is 0 Å². The Hall–Kier alpha value is -0.770. The van der Waals surface area contributed by atoms with E-state index in [9.17, 15) is 0 Å². The zero-order chi connectivity index (χ0) is 11.3. The number of oxime groups is 1. The number of nitrogens with two attached hydrogens (primary N) is 1. The van der Waals surface area contributed by atoms with Gasteiger partial charge in [-0.3, -0.25) is 0 Å². The van der Waals surface area contributed by atoms with Crippen LogP contribution in [0.15, 0.2) is 5.16 Å². The fraction of sp³-hybridized carbons (Fsp3) is 0.909. The number of likely N-dealkylation sites (tertiary alicyclic amines) is 1. The summed E-state index contributed by atoms with van der Waals surface area (Å²) >= 11 is 0. The first-order valence-corrected chi connectivity index (χ1v) is 5.87. The van der Waals surface area contributed by atoms with Crippen molar-refractivity contribution in [2.45, 2.75) is 33.1 Å². The van der Waals surface area contributed by atoms with Crippen molar-refractivity contribution in [1.82, 2.24) is 4.90 Å². The average Bonchev–Trinajstić information content (AvgIpc) is 2.28. The predicted molar refractivity (Wildman–Crippen MR) is 62.0 cm³/mol. The SMILES string of the molecule is CCC(C)CN1CCCC(C(N)=NO)C1. The molecular weight excluding hydrogens is 190 g/mol. The van der Waals surface area contributed by atoms with E-state index in [0.29, 0.717) is 5.84 Å². The van der Waals surface area contributed by atoms with Crippen molar-refractivity contribution in [2.75, 3.05) is 19.6 Å². The molecule has 1 fully saturated rings. The number of rotatable bonds is 4. The molecule has 1 rings (SSSR count).